The van der Waals surface area contributed by atoms with E-state index in [1.807, 2.05) is 0 Å². The van der Waals surface area contributed by atoms with Crippen molar-refractivity contribution in [1.82, 2.24) is 4.31 Å². The van der Waals surface area contributed by atoms with Crippen molar-refractivity contribution in [2.45, 2.75) is 31.7 Å². The van der Waals surface area contributed by atoms with Crippen LogP contribution >= 0.6 is 12.2 Å². The summed E-state index contributed by atoms with van der Waals surface area (Å²) in [5, 5.41) is 5.09. The molecule has 0 unspecified atom stereocenters. The minimum atomic E-state index is -3.68. The van der Waals surface area contributed by atoms with Gasteiger partial charge in [0.25, 0.3) is 10.2 Å². The van der Waals surface area contributed by atoms with Crippen LogP contribution in [0.2, 0.25) is 0 Å². The van der Waals surface area contributed by atoms with Gasteiger partial charge in [-0.05, 0) is 12.8 Å². The van der Waals surface area contributed by atoms with Crippen LogP contribution in [-0.2, 0) is 10.2 Å². The van der Waals surface area contributed by atoms with E-state index < -0.39 is 10.2 Å². The highest BCUT2D eigenvalue weighted by atomic mass is 32.2. The molecule has 1 fully saturated rings. The molecule has 0 aromatic rings. The van der Waals surface area contributed by atoms with Crippen molar-refractivity contribution < 1.29 is 8.42 Å². The van der Waals surface area contributed by atoms with Gasteiger partial charge in [-0.25, -0.2) is 5.14 Å². The summed E-state index contributed by atoms with van der Waals surface area (Å²) in [5.41, 5.74) is 5.33. The molecule has 4 N–H and O–H groups in total. The van der Waals surface area contributed by atoms with Crippen molar-refractivity contribution >= 4 is 27.4 Å². The normalized spacial score (nSPS) is 19.0. The van der Waals surface area contributed by atoms with Gasteiger partial charge in [0.05, 0.1) is 11.5 Å². The lowest BCUT2D eigenvalue weighted by Crippen LogP contribution is -2.46. The fraction of sp³-hybridized carbons (Fsp3) is 0.857. The van der Waals surface area contributed by atoms with Gasteiger partial charge in [0.1, 0.15) is 0 Å². The Balaban J connectivity index is 2.75. The molecule has 0 spiro atoms. The second kappa shape index (κ2) is 4.52. The molecule has 1 aliphatic rings. The Kier molecular flexibility index (Phi) is 3.82. The third-order valence-electron chi connectivity index (χ3n) is 2.37. The molecule has 0 saturated heterocycles. The SMILES string of the molecule is NC(=S)CN(C1CCCC1)S(N)(=O)=O. The molecule has 0 aliphatic heterocycles. The summed E-state index contributed by atoms with van der Waals surface area (Å²) in [6, 6.07) is -0.0218. The Morgan fingerprint density at radius 3 is 2.29 bits per heavy atom. The topological polar surface area (TPSA) is 89.4 Å². The summed E-state index contributed by atoms with van der Waals surface area (Å²) in [6.45, 7) is 0.0544. The molecule has 0 amide bonds. The highest BCUT2D eigenvalue weighted by molar-refractivity contribution is 7.87. The molecule has 0 bridgehead atoms. The Bertz CT molecular complexity index is 309. The number of nitrogens with two attached hydrogens (primary N) is 2. The van der Waals surface area contributed by atoms with Gasteiger partial charge < -0.3 is 5.73 Å². The van der Waals surface area contributed by atoms with Gasteiger partial charge in [0.2, 0.25) is 0 Å². The highest BCUT2D eigenvalue weighted by Gasteiger charge is 2.29. The van der Waals surface area contributed by atoms with Gasteiger partial charge in [-0.15, -0.1) is 0 Å². The molecular formula is C7H15N3O2S2. The zero-order valence-corrected chi connectivity index (χ0v) is 9.48. The van der Waals surface area contributed by atoms with E-state index >= 15 is 0 Å². The quantitative estimate of drug-likeness (QED) is 0.658. The van der Waals surface area contributed by atoms with Crippen molar-refractivity contribution in [1.29, 1.82) is 0 Å². The van der Waals surface area contributed by atoms with E-state index in [4.69, 9.17) is 23.1 Å². The summed E-state index contributed by atoms with van der Waals surface area (Å²) in [6.07, 6.45) is 3.76. The van der Waals surface area contributed by atoms with Crippen LogP contribution in [0.15, 0.2) is 0 Å². The molecule has 1 saturated carbocycles. The minimum absolute atomic E-state index is 0.0218. The van der Waals surface area contributed by atoms with Gasteiger partial charge in [0, 0.05) is 6.04 Å². The predicted octanol–water partition coefficient (Wildman–Crippen LogP) is -0.279. The highest BCUT2D eigenvalue weighted by Crippen LogP contribution is 2.24. The summed E-state index contributed by atoms with van der Waals surface area (Å²) in [4.78, 5) is 0.158. The van der Waals surface area contributed by atoms with Gasteiger partial charge in [-0.3, -0.25) is 0 Å². The number of hydrogen-bond acceptors (Lipinski definition) is 3. The third-order valence-corrected chi connectivity index (χ3v) is 3.58. The summed E-state index contributed by atoms with van der Waals surface area (Å²) in [7, 11) is -3.68. The fourth-order valence-electron chi connectivity index (χ4n) is 1.77. The second-order valence-electron chi connectivity index (χ2n) is 3.49. The second-order valence-corrected chi connectivity index (χ2v) is 5.52. The average molecular weight is 237 g/mol. The Hall–Kier alpha value is -0.240. The maximum atomic E-state index is 11.2. The van der Waals surface area contributed by atoms with Gasteiger partial charge in [-0.2, -0.15) is 12.7 Å². The van der Waals surface area contributed by atoms with Crippen LogP contribution in [0.4, 0.5) is 0 Å². The molecule has 0 radical (unpaired) electrons. The first kappa shape index (κ1) is 11.8. The van der Waals surface area contributed by atoms with Gasteiger partial charge in [-0.1, -0.05) is 25.1 Å². The molecule has 7 heteroatoms. The molecule has 1 rings (SSSR count). The molecule has 0 aromatic heterocycles. The van der Waals surface area contributed by atoms with Crippen LogP contribution in [0.1, 0.15) is 25.7 Å². The van der Waals surface area contributed by atoms with Gasteiger partial charge in [0.15, 0.2) is 0 Å². The van der Waals surface area contributed by atoms with E-state index in [0.717, 1.165) is 25.7 Å². The van der Waals surface area contributed by atoms with Crippen LogP contribution in [0.25, 0.3) is 0 Å². The number of nitrogens with zero attached hydrogens (tertiary/aromatic N) is 1. The molecular weight excluding hydrogens is 222 g/mol. The average Bonchev–Trinajstić information content (AvgIpc) is 2.49. The molecule has 0 atom stereocenters. The molecule has 0 heterocycles. The van der Waals surface area contributed by atoms with Crippen molar-refractivity contribution in [2.24, 2.45) is 10.9 Å². The third kappa shape index (κ3) is 3.16. The van der Waals surface area contributed by atoms with Crippen molar-refractivity contribution in [3.63, 3.8) is 0 Å². The largest absolute Gasteiger partial charge is 0.392 e. The zero-order valence-electron chi connectivity index (χ0n) is 7.85. The van der Waals surface area contributed by atoms with Crippen LogP contribution in [0.5, 0.6) is 0 Å². The first-order valence-electron chi connectivity index (χ1n) is 4.49. The van der Waals surface area contributed by atoms with Crippen molar-refractivity contribution in [2.75, 3.05) is 6.54 Å². The van der Waals surface area contributed by atoms with E-state index in [1.54, 1.807) is 0 Å². The smallest absolute Gasteiger partial charge is 0.277 e. The van der Waals surface area contributed by atoms with E-state index in [2.05, 4.69) is 0 Å². The maximum Gasteiger partial charge on any atom is 0.277 e. The zero-order chi connectivity index (χ0) is 10.8. The first-order valence-corrected chi connectivity index (χ1v) is 6.40. The maximum absolute atomic E-state index is 11.2. The summed E-state index contributed by atoms with van der Waals surface area (Å²) in [5.74, 6) is 0. The van der Waals surface area contributed by atoms with Crippen LogP contribution in [0.3, 0.4) is 0 Å². The molecule has 82 valence electrons. The molecule has 0 aromatic carbocycles. The molecule has 5 nitrogen and oxygen atoms in total. The van der Waals surface area contributed by atoms with Crippen molar-refractivity contribution in [3.05, 3.63) is 0 Å². The first-order chi connectivity index (χ1) is 6.41. The standard InChI is InChI=1S/C7H15N3O2S2/c8-7(13)5-10(14(9,11)12)6-3-1-2-4-6/h6H,1-5H2,(H2,8,13)(H2,9,11,12). The Morgan fingerprint density at radius 2 is 1.93 bits per heavy atom. The van der Waals surface area contributed by atoms with E-state index in [-0.39, 0.29) is 17.6 Å². The number of thiocarbonyl (C=S) groups is 1. The van der Waals surface area contributed by atoms with Crippen LogP contribution < -0.4 is 10.9 Å². The Labute approximate surface area is 89.6 Å². The summed E-state index contributed by atoms with van der Waals surface area (Å²) < 4.78 is 23.7. The van der Waals surface area contributed by atoms with Crippen LogP contribution in [0, 0.1) is 0 Å². The van der Waals surface area contributed by atoms with E-state index in [0.29, 0.717) is 0 Å². The Morgan fingerprint density at radius 1 is 1.43 bits per heavy atom. The lowest BCUT2D eigenvalue weighted by atomic mass is 10.2. The minimum Gasteiger partial charge on any atom is -0.392 e. The fourth-order valence-corrected chi connectivity index (χ4v) is 2.94. The summed E-state index contributed by atoms with van der Waals surface area (Å²) >= 11 is 4.69. The molecule has 1 aliphatic carbocycles. The van der Waals surface area contributed by atoms with Crippen LogP contribution in [-0.4, -0.2) is 30.3 Å². The molecule has 14 heavy (non-hydrogen) atoms. The van der Waals surface area contributed by atoms with Crippen molar-refractivity contribution in [3.8, 4) is 0 Å². The lowest BCUT2D eigenvalue weighted by molar-refractivity contribution is 0.355. The van der Waals surface area contributed by atoms with E-state index in [1.165, 1.54) is 4.31 Å². The van der Waals surface area contributed by atoms with E-state index in [9.17, 15) is 8.42 Å². The number of rotatable bonds is 4. The monoisotopic (exact) mass is 237 g/mol. The van der Waals surface area contributed by atoms with Gasteiger partial charge >= 0.3 is 0 Å². The number of hydrogen-bond donors (Lipinski definition) is 2. The lowest BCUT2D eigenvalue weighted by Gasteiger charge is -2.24. The predicted molar refractivity (Wildman–Crippen MR) is 58.9 cm³/mol.